The maximum atomic E-state index is 3.99. The normalized spacial score (nSPS) is 17.6. The molecule has 1 heteroatoms. The lowest BCUT2D eigenvalue weighted by Crippen LogP contribution is -2.59. The van der Waals surface area contributed by atoms with Gasteiger partial charge in [0.15, 0.2) is 0 Å². The largest absolute Gasteiger partial charge is 0.303 e. The Morgan fingerprint density at radius 1 is 1.07 bits per heavy atom. The van der Waals surface area contributed by atoms with Gasteiger partial charge in [0.1, 0.15) is 0 Å². The van der Waals surface area contributed by atoms with Crippen molar-refractivity contribution < 1.29 is 0 Å². The van der Waals surface area contributed by atoms with Gasteiger partial charge in [-0.2, -0.15) is 0 Å². The Morgan fingerprint density at radius 2 is 1.50 bits per heavy atom. The molecule has 0 saturated heterocycles. The Morgan fingerprint density at radius 3 is 1.57 bits per heavy atom. The van der Waals surface area contributed by atoms with Gasteiger partial charge < -0.3 is 5.32 Å². The molecule has 0 aliphatic heterocycles. The van der Waals surface area contributed by atoms with E-state index in [0.717, 1.165) is 6.42 Å². The van der Waals surface area contributed by atoms with Crippen molar-refractivity contribution in [1.82, 2.24) is 5.32 Å². The Balaban J connectivity index is 5.01. The first kappa shape index (κ1) is 13.7. The molecule has 0 aliphatic carbocycles. The van der Waals surface area contributed by atoms with Crippen LogP contribution in [0.25, 0.3) is 0 Å². The van der Waals surface area contributed by atoms with E-state index >= 15 is 0 Å². The van der Waals surface area contributed by atoms with Crippen LogP contribution in [0.1, 0.15) is 54.9 Å². The van der Waals surface area contributed by atoms with Crippen LogP contribution < -0.4 is 5.32 Å². The van der Waals surface area contributed by atoms with Crippen LogP contribution in [0.4, 0.5) is 0 Å². The number of nitrogens with one attached hydrogen (secondary N) is 1. The zero-order valence-electron chi connectivity index (χ0n) is 11.0. The molecule has 1 N–H and O–H groups in total. The van der Waals surface area contributed by atoms with Crippen LogP contribution >= 0.6 is 0 Å². The SMILES string of the molecule is C=CC(CC)(NC(C)(C)C)C(C)(C)C. The van der Waals surface area contributed by atoms with Gasteiger partial charge in [-0.25, -0.2) is 0 Å². The summed E-state index contributed by atoms with van der Waals surface area (Å²) in [5, 5.41) is 3.69. The highest BCUT2D eigenvalue weighted by molar-refractivity contribution is 5.11. The molecular formula is C13H27N. The molecule has 0 amide bonds. The van der Waals surface area contributed by atoms with Crippen LogP contribution in [0.3, 0.4) is 0 Å². The van der Waals surface area contributed by atoms with E-state index < -0.39 is 0 Å². The van der Waals surface area contributed by atoms with Crippen LogP contribution in [0.5, 0.6) is 0 Å². The van der Waals surface area contributed by atoms with Crippen LogP contribution in [-0.2, 0) is 0 Å². The molecule has 14 heavy (non-hydrogen) atoms. The minimum atomic E-state index is 0.0191. The zero-order valence-corrected chi connectivity index (χ0v) is 11.0. The van der Waals surface area contributed by atoms with Crippen molar-refractivity contribution >= 4 is 0 Å². The first-order valence-corrected chi connectivity index (χ1v) is 5.51. The monoisotopic (exact) mass is 197 g/mol. The summed E-state index contributed by atoms with van der Waals surface area (Å²) in [5.74, 6) is 0. The third kappa shape index (κ3) is 3.13. The Labute approximate surface area is 90.0 Å². The molecule has 0 aromatic heterocycles. The molecule has 0 radical (unpaired) electrons. The summed E-state index contributed by atoms with van der Waals surface area (Å²) >= 11 is 0. The summed E-state index contributed by atoms with van der Waals surface area (Å²) < 4.78 is 0. The van der Waals surface area contributed by atoms with E-state index in [0.29, 0.717) is 0 Å². The van der Waals surface area contributed by atoms with Crippen molar-refractivity contribution in [3.63, 3.8) is 0 Å². The maximum Gasteiger partial charge on any atom is 0.0412 e. The topological polar surface area (TPSA) is 12.0 Å². The van der Waals surface area contributed by atoms with Crippen molar-refractivity contribution in [3.8, 4) is 0 Å². The zero-order chi connectivity index (χ0) is 11.6. The molecule has 84 valence electrons. The van der Waals surface area contributed by atoms with Crippen LogP contribution in [0.2, 0.25) is 0 Å². The van der Waals surface area contributed by atoms with Gasteiger partial charge in [-0.05, 0) is 32.6 Å². The predicted molar refractivity (Wildman–Crippen MR) is 65.6 cm³/mol. The molecule has 0 rings (SSSR count). The van der Waals surface area contributed by atoms with E-state index in [-0.39, 0.29) is 16.5 Å². The lowest BCUT2D eigenvalue weighted by molar-refractivity contribution is 0.143. The quantitative estimate of drug-likeness (QED) is 0.679. The fourth-order valence-corrected chi connectivity index (χ4v) is 1.98. The van der Waals surface area contributed by atoms with E-state index in [1.54, 1.807) is 0 Å². The van der Waals surface area contributed by atoms with E-state index in [4.69, 9.17) is 0 Å². The van der Waals surface area contributed by atoms with Crippen LogP contribution in [-0.4, -0.2) is 11.1 Å². The molecule has 1 nitrogen and oxygen atoms in total. The average molecular weight is 197 g/mol. The fraction of sp³-hybridized carbons (Fsp3) is 0.846. The van der Waals surface area contributed by atoms with Gasteiger partial charge in [-0.3, -0.25) is 0 Å². The smallest absolute Gasteiger partial charge is 0.0412 e. The van der Waals surface area contributed by atoms with Gasteiger partial charge in [-0.1, -0.05) is 33.8 Å². The minimum absolute atomic E-state index is 0.0191. The summed E-state index contributed by atoms with van der Waals surface area (Å²) in [6.45, 7) is 19.6. The van der Waals surface area contributed by atoms with Crippen LogP contribution in [0, 0.1) is 5.41 Å². The molecule has 0 aromatic carbocycles. The highest BCUT2D eigenvalue weighted by Crippen LogP contribution is 2.35. The van der Waals surface area contributed by atoms with E-state index in [1.165, 1.54) is 0 Å². The minimum Gasteiger partial charge on any atom is -0.303 e. The summed E-state index contributed by atoms with van der Waals surface area (Å²) in [4.78, 5) is 0. The third-order valence-electron chi connectivity index (χ3n) is 2.84. The van der Waals surface area contributed by atoms with Gasteiger partial charge in [0.05, 0.1) is 0 Å². The first-order valence-electron chi connectivity index (χ1n) is 5.51. The molecule has 0 spiro atoms. The fourth-order valence-electron chi connectivity index (χ4n) is 1.98. The lowest BCUT2D eigenvalue weighted by Gasteiger charge is -2.47. The van der Waals surface area contributed by atoms with Crippen LogP contribution in [0.15, 0.2) is 12.7 Å². The van der Waals surface area contributed by atoms with Crippen molar-refractivity contribution in [2.75, 3.05) is 0 Å². The molecule has 0 saturated carbocycles. The van der Waals surface area contributed by atoms with E-state index in [9.17, 15) is 0 Å². The molecule has 1 unspecified atom stereocenters. The Hall–Kier alpha value is -0.300. The van der Waals surface area contributed by atoms with E-state index in [2.05, 4.69) is 66.4 Å². The van der Waals surface area contributed by atoms with E-state index in [1.807, 2.05) is 0 Å². The number of rotatable bonds is 3. The van der Waals surface area contributed by atoms with Gasteiger partial charge >= 0.3 is 0 Å². The number of hydrogen-bond donors (Lipinski definition) is 1. The Bertz CT molecular complexity index is 192. The summed E-state index contributed by atoms with van der Waals surface area (Å²) in [6, 6.07) is 0. The lowest BCUT2D eigenvalue weighted by atomic mass is 9.71. The van der Waals surface area contributed by atoms with Crippen molar-refractivity contribution in [3.05, 3.63) is 12.7 Å². The van der Waals surface area contributed by atoms with Crippen molar-refractivity contribution in [2.45, 2.75) is 66.0 Å². The standard InChI is InChI=1S/C13H27N/c1-9-13(10-2,11(3,4)5)14-12(6,7)8/h9,14H,1,10H2,2-8H3. The highest BCUT2D eigenvalue weighted by Gasteiger charge is 2.39. The molecule has 0 aromatic rings. The van der Waals surface area contributed by atoms with Crippen molar-refractivity contribution in [1.29, 1.82) is 0 Å². The summed E-state index contributed by atoms with van der Waals surface area (Å²) in [7, 11) is 0. The molecule has 1 atom stereocenters. The maximum absolute atomic E-state index is 3.99. The van der Waals surface area contributed by atoms with Crippen molar-refractivity contribution in [2.24, 2.45) is 5.41 Å². The first-order chi connectivity index (χ1) is 6.08. The third-order valence-corrected chi connectivity index (χ3v) is 2.84. The number of hydrogen-bond acceptors (Lipinski definition) is 1. The van der Waals surface area contributed by atoms with Gasteiger partial charge in [0.25, 0.3) is 0 Å². The molecule has 0 heterocycles. The summed E-state index contributed by atoms with van der Waals surface area (Å²) in [5.41, 5.74) is 0.333. The second kappa shape index (κ2) is 4.06. The summed E-state index contributed by atoms with van der Waals surface area (Å²) in [6.07, 6.45) is 3.13. The Kier molecular flexibility index (Phi) is 3.97. The average Bonchev–Trinajstić information content (AvgIpc) is 1.96. The highest BCUT2D eigenvalue weighted by atomic mass is 15.0. The van der Waals surface area contributed by atoms with Gasteiger partial charge in [-0.15, -0.1) is 6.58 Å². The molecule has 0 aliphatic rings. The second-order valence-corrected chi connectivity index (χ2v) is 6.15. The van der Waals surface area contributed by atoms with Gasteiger partial charge in [0, 0.05) is 11.1 Å². The molecular weight excluding hydrogens is 170 g/mol. The molecule has 0 fully saturated rings. The predicted octanol–water partition coefficient (Wildman–Crippen LogP) is 3.76. The second-order valence-electron chi connectivity index (χ2n) is 6.15. The molecule has 0 bridgehead atoms. The van der Waals surface area contributed by atoms with Gasteiger partial charge in [0.2, 0.25) is 0 Å².